The van der Waals surface area contributed by atoms with Gasteiger partial charge in [0, 0.05) is 15.6 Å². The fourth-order valence-electron chi connectivity index (χ4n) is 6.02. The van der Waals surface area contributed by atoms with Gasteiger partial charge in [0.2, 0.25) is 29.0 Å². The van der Waals surface area contributed by atoms with Gasteiger partial charge in [-0.15, -0.1) is 0 Å². The first-order valence-electron chi connectivity index (χ1n) is 12.7. The highest BCUT2D eigenvalue weighted by molar-refractivity contribution is 9.10. The van der Waals surface area contributed by atoms with Crippen LogP contribution < -0.4 is 9.64 Å². The Morgan fingerprint density at radius 2 is 1.23 bits per heavy atom. The Bertz CT molecular complexity index is 1660. The van der Waals surface area contributed by atoms with Crippen LogP contribution in [0.1, 0.15) is 32.4 Å². The maximum absolute atomic E-state index is 14.1. The van der Waals surface area contributed by atoms with Crippen molar-refractivity contribution in [3.63, 3.8) is 0 Å². The third-order valence-corrected chi connectivity index (χ3v) is 8.32. The minimum atomic E-state index is -2.10. The summed E-state index contributed by atoms with van der Waals surface area (Å²) in [5.74, 6) is -3.51. The number of rotatable bonds is 4. The van der Waals surface area contributed by atoms with E-state index in [9.17, 15) is 19.2 Å². The highest BCUT2D eigenvalue weighted by Crippen LogP contribution is 2.57. The van der Waals surface area contributed by atoms with Crippen LogP contribution in [0, 0.1) is 11.8 Å². The third-order valence-electron chi connectivity index (χ3n) is 7.79. The Hall–Kier alpha value is -4.40. The van der Waals surface area contributed by atoms with Gasteiger partial charge in [-0.05, 0) is 54.1 Å². The van der Waals surface area contributed by atoms with Gasteiger partial charge in [0.15, 0.2) is 0 Å². The van der Waals surface area contributed by atoms with Crippen molar-refractivity contribution in [1.29, 1.82) is 0 Å². The number of hydrogen-bond acceptors (Lipinski definition) is 6. The zero-order valence-electron chi connectivity index (χ0n) is 20.8. The molecule has 4 aromatic rings. The average molecular weight is 594 g/mol. The quantitative estimate of drug-likeness (QED) is 0.215. The maximum atomic E-state index is 14.1. The lowest BCUT2D eigenvalue weighted by Gasteiger charge is -2.27. The predicted molar refractivity (Wildman–Crippen MR) is 148 cm³/mol. The van der Waals surface area contributed by atoms with E-state index < -0.39 is 46.9 Å². The molecule has 3 atom stereocenters. The van der Waals surface area contributed by atoms with E-state index in [-0.39, 0.29) is 11.1 Å². The van der Waals surface area contributed by atoms with Gasteiger partial charge in [0.25, 0.3) is 0 Å². The number of carbonyl (C=O) groups is 4. The summed E-state index contributed by atoms with van der Waals surface area (Å²) in [5.41, 5.74) is -0.751. The largest absolute Gasteiger partial charge is 0.457 e. The van der Waals surface area contributed by atoms with Crippen LogP contribution >= 0.6 is 15.9 Å². The van der Waals surface area contributed by atoms with Crippen molar-refractivity contribution in [2.75, 3.05) is 4.90 Å². The van der Waals surface area contributed by atoms with E-state index in [0.717, 1.165) is 9.37 Å². The molecule has 2 heterocycles. The van der Waals surface area contributed by atoms with E-state index in [1.807, 2.05) is 30.3 Å². The summed E-state index contributed by atoms with van der Waals surface area (Å²) in [6.45, 7) is 0. The first-order valence-corrected chi connectivity index (χ1v) is 13.5. The van der Waals surface area contributed by atoms with Crippen LogP contribution in [0.4, 0.5) is 5.69 Å². The first-order chi connectivity index (χ1) is 19.4. The molecule has 3 aliphatic rings. The molecular weight excluding hydrogens is 574 g/mol. The number of fused-ring (bicyclic) bond motifs is 3. The minimum Gasteiger partial charge on any atom is -0.457 e. The van der Waals surface area contributed by atoms with E-state index in [1.165, 1.54) is 0 Å². The van der Waals surface area contributed by atoms with Gasteiger partial charge in [-0.25, -0.2) is 4.90 Å². The van der Waals surface area contributed by atoms with Crippen LogP contribution in [0.25, 0.3) is 0 Å². The molecule has 7 nitrogen and oxygen atoms in total. The second-order valence-corrected chi connectivity index (χ2v) is 10.9. The Morgan fingerprint density at radius 3 is 1.82 bits per heavy atom. The molecule has 4 aromatic carbocycles. The summed E-state index contributed by atoms with van der Waals surface area (Å²) in [7, 11) is 0. The van der Waals surface area contributed by atoms with Crippen LogP contribution in [0.2, 0.25) is 0 Å². The number of halogens is 1. The molecule has 2 aliphatic heterocycles. The predicted octanol–water partition coefficient (Wildman–Crippen LogP) is 5.94. The SMILES string of the molecule is O=C1[C@@H]2[C@@H](c3ccccc3)OC3(C(=O)c4ccccc4C3=O)[C@H]2C(=O)N1c1ccc(Oc2ccc(Br)cc2)cc1. The number of amides is 2. The number of ketones is 2. The lowest BCUT2D eigenvalue weighted by molar-refractivity contribution is -0.127. The lowest BCUT2D eigenvalue weighted by atomic mass is 9.77. The topological polar surface area (TPSA) is 90.0 Å². The van der Waals surface area contributed by atoms with Crippen LogP contribution in [0.5, 0.6) is 11.5 Å². The molecule has 2 fully saturated rings. The van der Waals surface area contributed by atoms with Crippen LogP contribution in [0.15, 0.2) is 108 Å². The lowest BCUT2D eigenvalue weighted by Crippen LogP contribution is -2.51. The van der Waals surface area contributed by atoms with Crippen molar-refractivity contribution >= 4 is 45.0 Å². The molecule has 0 aromatic heterocycles. The number of nitrogens with zero attached hydrogens (tertiary/aromatic N) is 1. The first kappa shape index (κ1) is 24.6. The molecule has 1 spiro atoms. The molecular formula is C32H20BrNO6. The molecule has 7 rings (SSSR count). The number of hydrogen-bond donors (Lipinski definition) is 0. The molecule has 0 unspecified atom stereocenters. The molecule has 2 amide bonds. The van der Waals surface area contributed by atoms with Crippen LogP contribution in [-0.4, -0.2) is 29.0 Å². The summed E-state index contributed by atoms with van der Waals surface area (Å²) in [6, 6.07) is 29.3. The number of benzene rings is 4. The van der Waals surface area contributed by atoms with E-state index in [4.69, 9.17) is 9.47 Å². The third kappa shape index (κ3) is 3.46. The van der Waals surface area contributed by atoms with Crippen molar-refractivity contribution in [3.05, 3.63) is 124 Å². The van der Waals surface area contributed by atoms with Gasteiger partial charge < -0.3 is 9.47 Å². The fourth-order valence-corrected chi connectivity index (χ4v) is 6.28. The second-order valence-electron chi connectivity index (χ2n) is 9.95. The number of anilines is 1. The number of carbonyl (C=O) groups excluding carboxylic acids is 4. The van der Waals surface area contributed by atoms with Gasteiger partial charge >= 0.3 is 0 Å². The molecule has 1 aliphatic carbocycles. The highest BCUT2D eigenvalue weighted by Gasteiger charge is 2.74. The minimum absolute atomic E-state index is 0.202. The average Bonchev–Trinajstić information content (AvgIpc) is 3.55. The molecule has 8 heteroatoms. The molecule has 40 heavy (non-hydrogen) atoms. The van der Waals surface area contributed by atoms with Crippen molar-refractivity contribution in [1.82, 2.24) is 0 Å². The molecule has 0 radical (unpaired) electrons. The second kappa shape index (κ2) is 9.08. The van der Waals surface area contributed by atoms with E-state index in [2.05, 4.69) is 15.9 Å². The van der Waals surface area contributed by atoms with E-state index in [0.29, 0.717) is 22.7 Å². The molecule has 0 N–H and O–H groups in total. The van der Waals surface area contributed by atoms with Gasteiger partial charge in [0.1, 0.15) is 11.5 Å². The molecule has 0 bridgehead atoms. The Balaban J connectivity index is 1.28. The van der Waals surface area contributed by atoms with Crippen LogP contribution in [-0.2, 0) is 14.3 Å². The van der Waals surface area contributed by atoms with Crippen molar-refractivity contribution in [2.45, 2.75) is 11.7 Å². The van der Waals surface area contributed by atoms with Gasteiger partial charge in [-0.2, -0.15) is 0 Å². The molecule has 196 valence electrons. The van der Waals surface area contributed by atoms with Crippen molar-refractivity contribution in [2.24, 2.45) is 11.8 Å². The van der Waals surface area contributed by atoms with Gasteiger partial charge in [-0.3, -0.25) is 19.2 Å². The molecule has 0 saturated carbocycles. The Morgan fingerprint density at radius 1 is 0.675 bits per heavy atom. The number of Topliss-reactive ketones (excluding diaryl/α,β-unsaturated/α-hetero) is 2. The number of imide groups is 1. The van der Waals surface area contributed by atoms with Crippen LogP contribution in [0.3, 0.4) is 0 Å². The van der Waals surface area contributed by atoms with Crippen molar-refractivity contribution in [3.8, 4) is 11.5 Å². The zero-order chi connectivity index (χ0) is 27.6. The molecule has 2 saturated heterocycles. The fraction of sp³-hybridized carbons (Fsp3) is 0.125. The summed E-state index contributed by atoms with van der Waals surface area (Å²) < 4.78 is 13.1. The summed E-state index contributed by atoms with van der Waals surface area (Å²) in [4.78, 5) is 56.8. The highest BCUT2D eigenvalue weighted by atomic mass is 79.9. The Kier molecular flexibility index (Phi) is 5.59. The standard InChI is InChI=1S/C32H20BrNO6/c33-19-10-14-21(15-11-19)39-22-16-12-20(13-17-22)34-30(37)25-26(31(34)38)32(40-27(25)18-6-2-1-3-7-18)28(35)23-8-4-5-9-24(23)29(32)36/h1-17,25-27H/t25-,26+,27+/m0/s1. The number of ether oxygens (including phenoxy) is 2. The van der Waals surface area contributed by atoms with Gasteiger partial charge in [0.05, 0.1) is 23.6 Å². The van der Waals surface area contributed by atoms with E-state index >= 15 is 0 Å². The zero-order valence-corrected chi connectivity index (χ0v) is 22.4. The van der Waals surface area contributed by atoms with Crippen molar-refractivity contribution < 1.29 is 28.7 Å². The summed E-state index contributed by atoms with van der Waals surface area (Å²) in [6.07, 6.45) is -0.949. The summed E-state index contributed by atoms with van der Waals surface area (Å²) in [5, 5.41) is 0. The van der Waals surface area contributed by atoms with Gasteiger partial charge in [-0.1, -0.05) is 70.5 Å². The Labute approximate surface area is 237 Å². The monoisotopic (exact) mass is 593 g/mol. The maximum Gasteiger partial charge on any atom is 0.241 e. The smallest absolute Gasteiger partial charge is 0.241 e. The summed E-state index contributed by atoms with van der Waals surface area (Å²) >= 11 is 3.39. The van der Waals surface area contributed by atoms with E-state index in [1.54, 1.807) is 72.8 Å². The normalized spacial score (nSPS) is 22.6.